The van der Waals surface area contributed by atoms with Crippen molar-refractivity contribution in [2.75, 3.05) is 20.8 Å². The summed E-state index contributed by atoms with van der Waals surface area (Å²) in [6.45, 7) is 0.714. The molecule has 0 spiro atoms. The third-order valence-corrected chi connectivity index (χ3v) is 4.65. The number of pyridine rings is 1. The Morgan fingerprint density at radius 1 is 1.32 bits per heavy atom. The van der Waals surface area contributed by atoms with Gasteiger partial charge in [-0.1, -0.05) is 6.07 Å². The number of hydrogen-bond acceptors (Lipinski definition) is 5. The summed E-state index contributed by atoms with van der Waals surface area (Å²) in [6, 6.07) is 8.71. The zero-order chi connectivity index (χ0) is 17.8. The number of likely N-dealkylation sites (tertiary alicyclic amines) is 1. The lowest BCUT2D eigenvalue weighted by Crippen LogP contribution is -2.39. The zero-order valence-corrected chi connectivity index (χ0v) is 14.4. The summed E-state index contributed by atoms with van der Waals surface area (Å²) >= 11 is 0. The van der Waals surface area contributed by atoms with Gasteiger partial charge in [0, 0.05) is 30.6 Å². The van der Waals surface area contributed by atoms with Crippen molar-refractivity contribution in [3.8, 4) is 11.5 Å². The third kappa shape index (κ3) is 3.44. The lowest BCUT2D eigenvalue weighted by atomic mass is 9.96. The van der Waals surface area contributed by atoms with Crippen LogP contribution in [0.15, 0.2) is 42.7 Å². The van der Waals surface area contributed by atoms with Gasteiger partial charge in [-0.3, -0.25) is 14.7 Å². The maximum Gasteiger partial charge on any atom is 0.320 e. The molecule has 1 fully saturated rings. The van der Waals surface area contributed by atoms with Gasteiger partial charge in [0.2, 0.25) is 0 Å². The van der Waals surface area contributed by atoms with Crippen molar-refractivity contribution in [1.82, 2.24) is 9.88 Å². The normalized spacial score (nSPS) is 18.7. The van der Waals surface area contributed by atoms with Gasteiger partial charge in [-0.05, 0) is 36.6 Å². The maximum atomic E-state index is 11.7. The fourth-order valence-corrected chi connectivity index (χ4v) is 3.49. The predicted octanol–water partition coefficient (Wildman–Crippen LogP) is 2.74. The Hall–Kier alpha value is -2.60. The van der Waals surface area contributed by atoms with E-state index in [2.05, 4.69) is 4.98 Å². The zero-order valence-electron chi connectivity index (χ0n) is 14.4. The second kappa shape index (κ2) is 7.53. The Balaban J connectivity index is 2.11. The SMILES string of the molecule is COc1ccc(C(c2cccnc2)N2CCCC2C(=O)O)c(OC)c1. The van der Waals surface area contributed by atoms with Gasteiger partial charge in [-0.15, -0.1) is 0 Å². The molecule has 2 unspecified atom stereocenters. The number of carbonyl (C=O) groups is 1. The molecule has 0 aliphatic carbocycles. The van der Waals surface area contributed by atoms with Crippen molar-refractivity contribution < 1.29 is 19.4 Å². The molecular weight excluding hydrogens is 320 g/mol. The summed E-state index contributed by atoms with van der Waals surface area (Å²) < 4.78 is 10.9. The summed E-state index contributed by atoms with van der Waals surface area (Å²) in [5, 5.41) is 9.63. The molecule has 3 rings (SSSR count). The molecule has 6 nitrogen and oxygen atoms in total. The molecule has 1 aliphatic heterocycles. The van der Waals surface area contributed by atoms with Crippen LogP contribution in [-0.4, -0.2) is 47.8 Å². The smallest absolute Gasteiger partial charge is 0.320 e. The maximum absolute atomic E-state index is 11.7. The molecule has 2 atom stereocenters. The topological polar surface area (TPSA) is 71.9 Å². The third-order valence-electron chi connectivity index (χ3n) is 4.65. The van der Waals surface area contributed by atoms with Crippen LogP contribution in [0.2, 0.25) is 0 Å². The molecule has 132 valence electrons. The predicted molar refractivity (Wildman–Crippen MR) is 93.0 cm³/mol. The largest absolute Gasteiger partial charge is 0.497 e. The van der Waals surface area contributed by atoms with Gasteiger partial charge in [0.25, 0.3) is 0 Å². The van der Waals surface area contributed by atoms with E-state index in [1.807, 2.05) is 35.2 Å². The van der Waals surface area contributed by atoms with Crippen molar-refractivity contribution in [3.05, 3.63) is 53.9 Å². The molecule has 2 aromatic rings. The van der Waals surface area contributed by atoms with Crippen LogP contribution in [0.3, 0.4) is 0 Å². The van der Waals surface area contributed by atoms with Crippen LogP contribution in [0, 0.1) is 0 Å². The first-order chi connectivity index (χ1) is 12.2. The molecule has 0 saturated carbocycles. The van der Waals surface area contributed by atoms with Gasteiger partial charge in [-0.2, -0.15) is 0 Å². The quantitative estimate of drug-likeness (QED) is 0.870. The van der Waals surface area contributed by atoms with Crippen LogP contribution in [0.1, 0.15) is 30.0 Å². The Kier molecular flexibility index (Phi) is 5.19. The molecule has 1 aromatic heterocycles. The van der Waals surface area contributed by atoms with E-state index in [4.69, 9.17) is 9.47 Å². The molecule has 0 amide bonds. The van der Waals surface area contributed by atoms with E-state index in [1.54, 1.807) is 26.6 Å². The molecule has 2 heterocycles. The number of nitrogens with zero attached hydrogens (tertiary/aromatic N) is 2. The summed E-state index contributed by atoms with van der Waals surface area (Å²) in [6.07, 6.45) is 4.99. The summed E-state index contributed by atoms with van der Waals surface area (Å²) in [5.41, 5.74) is 1.85. The average molecular weight is 342 g/mol. The van der Waals surface area contributed by atoms with E-state index in [-0.39, 0.29) is 6.04 Å². The van der Waals surface area contributed by atoms with E-state index in [0.717, 1.165) is 17.5 Å². The molecule has 1 saturated heterocycles. The highest BCUT2D eigenvalue weighted by Gasteiger charge is 2.38. The molecule has 1 aliphatic rings. The first-order valence-corrected chi connectivity index (χ1v) is 8.26. The number of carboxylic acids is 1. The lowest BCUT2D eigenvalue weighted by molar-refractivity contribution is -0.142. The first-order valence-electron chi connectivity index (χ1n) is 8.26. The second-order valence-electron chi connectivity index (χ2n) is 6.03. The van der Waals surface area contributed by atoms with Crippen molar-refractivity contribution in [3.63, 3.8) is 0 Å². The van der Waals surface area contributed by atoms with E-state index in [1.165, 1.54) is 0 Å². The Labute approximate surface area is 147 Å². The molecular formula is C19H22N2O4. The highest BCUT2D eigenvalue weighted by atomic mass is 16.5. The molecule has 1 N–H and O–H groups in total. The Bertz CT molecular complexity index is 735. The highest BCUT2D eigenvalue weighted by molar-refractivity contribution is 5.74. The van der Waals surface area contributed by atoms with Gasteiger partial charge in [0.05, 0.1) is 20.3 Å². The van der Waals surface area contributed by atoms with Gasteiger partial charge >= 0.3 is 5.97 Å². The number of aliphatic carboxylic acids is 1. The van der Waals surface area contributed by atoms with Crippen LogP contribution < -0.4 is 9.47 Å². The van der Waals surface area contributed by atoms with Crippen LogP contribution in [0.25, 0.3) is 0 Å². The van der Waals surface area contributed by atoms with Gasteiger partial charge in [0.1, 0.15) is 17.5 Å². The summed E-state index contributed by atoms with van der Waals surface area (Å²) in [5.74, 6) is 0.574. The van der Waals surface area contributed by atoms with Gasteiger partial charge in [0.15, 0.2) is 0 Å². The molecule has 1 aromatic carbocycles. The lowest BCUT2D eigenvalue weighted by Gasteiger charge is -2.32. The molecule has 6 heteroatoms. The number of hydrogen-bond donors (Lipinski definition) is 1. The average Bonchev–Trinajstić information content (AvgIpc) is 3.12. The number of benzene rings is 1. The number of ether oxygens (including phenoxy) is 2. The number of methoxy groups -OCH3 is 2. The Morgan fingerprint density at radius 3 is 2.80 bits per heavy atom. The van der Waals surface area contributed by atoms with Crippen molar-refractivity contribution in [2.24, 2.45) is 0 Å². The van der Waals surface area contributed by atoms with Crippen LogP contribution in [-0.2, 0) is 4.79 Å². The van der Waals surface area contributed by atoms with Crippen LogP contribution in [0.5, 0.6) is 11.5 Å². The standard InChI is InChI=1S/C19H22N2O4/c1-24-14-7-8-15(17(11-14)25-2)18(13-5-3-9-20-12-13)21-10-4-6-16(21)19(22)23/h3,5,7-9,11-12,16,18H,4,6,10H2,1-2H3,(H,22,23). The number of carboxylic acid groups (broad SMARTS) is 1. The fourth-order valence-electron chi connectivity index (χ4n) is 3.49. The molecule has 25 heavy (non-hydrogen) atoms. The first kappa shape index (κ1) is 17.2. The minimum absolute atomic E-state index is 0.238. The molecule has 0 radical (unpaired) electrons. The Morgan fingerprint density at radius 2 is 2.16 bits per heavy atom. The highest BCUT2D eigenvalue weighted by Crippen LogP contribution is 2.40. The number of aromatic nitrogens is 1. The minimum atomic E-state index is -0.793. The second-order valence-corrected chi connectivity index (χ2v) is 6.03. The molecule has 0 bridgehead atoms. The van der Waals surface area contributed by atoms with Crippen LogP contribution in [0.4, 0.5) is 0 Å². The summed E-state index contributed by atoms with van der Waals surface area (Å²) in [4.78, 5) is 18.0. The van der Waals surface area contributed by atoms with E-state index >= 15 is 0 Å². The van der Waals surface area contributed by atoms with Crippen molar-refractivity contribution in [2.45, 2.75) is 24.9 Å². The van der Waals surface area contributed by atoms with Gasteiger partial charge in [-0.25, -0.2) is 0 Å². The monoisotopic (exact) mass is 342 g/mol. The van der Waals surface area contributed by atoms with E-state index in [0.29, 0.717) is 24.5 Å². The van der Waals surface area contributed by atoms with Gasteiger partial charge < -0.3 is 14.6 Å². The van der Waals surface area contributed by atoms with Crippen LogP contribution >= 0.6 is 0 Å². The van der Waals surface area contributed by atoms with Crippen molar-refractivity contribution >= 4 is 5.97 Å². The van der Waals surface area contributed by atoms with Crippen molar-refractivity contribution in [1.29, 1.82) is 0 Å². The number of rotatable bonds is 6. The minimum Gasteiger partial charge on any atom is -0.497 e. The van der Waals surface area contributed by atoms with E-state index in [9.17, 15) is 9.90 Å². The summed E-state index contributed by atoms with van der Waals surface area (Å²) in [7, 11) is 3.21. The van der Waals surface area contributed by atoms with E-state index < -0.39 is 12.0 Å². The fraction of sp³-hybridized carbons (Fsp3) is 0.368.